The molecular formula is C75H132O6. The molecule has 0 aromatic carbocycles. The molecule has 0 saturated heterocycles. The Bertz CT molecular complexity index is 1530. The lowest BCUT2D eigenvalue weighted by atomic mass is 10.0. The van der Waals surface area contributed by atoms with Crippen molar-refractivity contribution in [1.29, 1.82) is 0 Å². The van der Waals surface area contributed by atoms with E-state index < -0.39 is 6.10 Å². The molecule has 0 saturated carbocycles. The summed E-state index contributed by atoms with van der Waals surface area (Å²) in [4.78, 5) is 38.4. The second kappa shape index (κ2) is 69.1. The van der Waals surface area contributed by atoms with E-state index in [1.807, 2.05) is 0 Å². The maximum absolute atomic E-state index is 12.9. The van der Waals surface area contributed by atoms with Crippen LogP contribution in [0.2, 0.25) is 0 Å². The van der Waals surface area contributed by atoms with Crippen LogP contribution in [-0.4, -0.2) is 37.2 Å². The molecule has 0 fully saturated rings. The molecule has 0 aromatic heterocycles. The lowest BCUT2D eigenvalue weighted by Gasteiger charge is -2.18. The van der Waals surface area contributed by atoms with Crippen molar-refractivity contribution < 1.29 is 28.6 Å². The van der Waals surface area contributed by atoms with Crippen molar-refractivity contribution >= 4 is 17.9 Å². The fourth-order valence-corrected chi connectivity index (χ4v) is 10.2. The highest BCUT2D eigenvalue weighted by Gasteiger charge is 2.19. The van der Waals surface area contributed by atoms with Gasteiger partial charge in [-0.25, -0.2) is 0 Å². The normalized spacial score (nSPS) is 12.6. The van der Waals surface area contributed by atoms with Crippen LogP contribution in [-0.2, 0) is 28.6 Å². The molecule has 1 unspecified atom stereocenters. The number of esters is 3. The monoisotopic (exact) mass is 1130 g/mol. The smallest absolute Gasteiger partial charge is 0.306 e. The first-order valence-electron chi connectivity index (χ1n) is 35.1. The molecular weight excluding hydrogens is 997 g/mol. The largest absolute Gasteiger partial charge is 0.462 e. The van der Waals surface area contributed by atoms with Crippen LogP contribution >= 0.6 is 0 Å². The molecule has 0 aromatic rings. The lowest BCUT2D eigenvalue weighted by molar-refractivity contribution is -0.167. The Morgan fingerprint density at radius 2 is 0.481 bits per heavy atom. The van der Waals surface area contributed by atoms with Crippen LogP contribution < -0.4 is 0 Å². The number of hydrogen-bond acceptors (Lipinski definition) is 6. The summed E-state index contributed by atoms with van der Waals surface area (Å²) in [5, 5.41) is 0. The van der Waals surface area contributed by atoms with Gasteiger partial charge in [0.05, 0.1) is 0 Å². The molecule has 0 radical (unpaired) electrons. The minimum atomic E-state index is -0.786. The van der Waals surface area contributed by atoms with Crippen molar-refractivity contribution in [2.24, 2.45) is 0 Å². The Labute approximate surface area is 503 Å². The van der Waals surface area contributed by atoms with E-state index in [1.54, 1.807) is 0 Å². The minimum Gasteiger partial charge on any atom is -0.462 e. The zero-order valence-corrected chi connectivity index (χ0v) is 53.8. The Balaban J connectivity index is 4.26. The van der Waals surface area contributed by atoms with Gasteiger partial charge in [-0.05, 0) is 96.3 Å². The number of allylic oxidation sites excluding steroid dienone is 14. The van der Waals surface area contributed by atoms with Gasteiger partial charge in [0, 0.05) is 19.3 Å². The van der Waals surface area contributed by atoms with Gasteiger partial charge in [-0.3, -0.25) is 14.4 Å². The minimum absolute atomic E-state index is 0.0804. The van der Waals surface area contributed by atoms with E-state index in [1.165, 1.54) is 199 Å². The first-order chi connectivity index (χ1) is 40.0. The van der Waals surface area contributed by atoms with Crippen LogP contribution in [0.3, 0.4) is 0 Å². The maximum Gasteiger partial charge on any atom is 0.306 e. The summed E-state index contributed by atoms with van der Waals surface area (Å²) in [6.45, 7) is 6.55. The molecule has 0 aliphatic rings. The zero-order valence-electron chi connectivity index (χ0n) is 53.8. The topological polar surface area (TPSA) is 78.9 Å². The predicted molar refractivity (Wildman–Crippen MR) is 353 cm³/mol. The summed E-state index contributed by atoms with van der Waals surface area (Å²) in [5.41, 5.74) is 0. The summed E-state index contributed by atoms with van der Waals surface area (Å²) in [6.07, 6.45) is 91.8. The molecule has 6 heteroatoms. The summed E-state index contributed by atoms with van der Waals surface area (Å²) in [5.74, 6) is -0.881. The number of hydrogen-bond donors (Lipinski definition) is 0. The summed E-state index contributed by atoms with van der Waals surface area (Å²) in [7, 11) is 0. The Hall–Kier alpha value is -3.41. The first kappa shape index (κ1) is 77.6. The standard InChI is InChI=1S/C75H132O6/c1-4-7-10-13-16-19-22-25-27-29-31-33-34-35-36-37-38-39-40-42-43-45-47-50-53-56-59-62-65-68-74(77)80-71-72(70-79-73(76)67-64-61-58-55-52-49-24-21-18-15-12-9-6-3)81-75(78)69-66-63-60-57-54-51-48-46-44-41-32-30-28-26-23-20-17-14-11-8-5-2/h8,11,17,20,22,25-26,28-29,31-32,41,46,48,72H,4-7,9-10,12-16,18-19,21,23-24,27,30,33-40,42-45,47,49-71H2,1-3H3/b11-8-,20-17-,25-22-,28-26-,31-29-,41-32-,48-46-. The van der Waals surface area contributed by atoms with Gasteiger partial charge in [0.25, 0.3) is 0 Å². The van der Waals surface area contributed by atoms with Crippen molar-refractivity contribution in [3.8, 4) is 0 Å². The van der Waals surface area contributed by atoms with Gasteiger partial charge >= 0.3 is 17.9 Å². The van der Waals surface area contributed by atoms with Crippen LogP contribution in [0.25, 0.3) is 0 Å². The third-order valence-electron chi connectivity index (χ3n) is 15.4. The second-order valence-corrected chi connectivity index (χ2v) is 23.4. The second-order valence-electron chi connectivity index (χ2n) is 23.4. The first-order valence-corrected chi connectivity index (χ1v) is 35.1. The molecule has 1 atom stereocenters. The molecule has 0 N–H and O–H groups in total. The van der Waals surface area contributed by atoms with E-state index in [-0.39, 0.29) is 31.1 Å². The molecule has 81 heavy (non-hydrogen) atoms. The van der Waals surface area contributed by atoms with Gasteiger partial charge in [-0.2, -0.15) is 0 Å². The van der Waals surface area contributed by atoms with E-state index in [0.717, 1.165) is 116 Å². The quantitative estimate of drug-likeness (QED) is 0.0261. The molecule has 0 spiro atoms. The third kappa shape index (κ3) is 67.3. The van der Waals surface area contributed by atoms with Crippen LogP contribution in [0.4, 0.5) is 0 Å². The van der Waals surface area contributed by atoms with Crippen LogP contribution in [0.5, 0.6) is 0 Å². The number of carbonyl (C=O) groups excluding carboxylic acids is 3. The summed E-state index contributed by atoms with van der Waals surface area (Å²) >= 11 is 0. The Kier molecular flexibility index (Phi) is 66.2. The van der Waals surface area contributed by atoms with Crippen LogP contribution in [0.15, 0.2) is 85.1 Å². The van der Waals surface area contributed by atoms with Crippen molar-refractivity contribution in [3.63, 3.8) is 0 Å². The van der Waals surface area contributed by atoms with E-state index in [2.05, 4.69) is 106 Å². The van der Waals surface area contributed by atoms with Gasteiger partial charge in [-0.15, -0.1) is 0 Å². The maximum atomic E-state index is 12.9. The van der Waals surface area contributed by atoms with Crippen molar-refractivity contribution in [2.45, 2.75) is 361 Å². The third-order valence-corrected chi connectivity index (χ3v) is 15.4. The number of rotatable bonds is 64. The fourth-order valence-electron chi connectivity index (χ4n) is 10.2. The number of unbranched alkanes of at least 4 members (excludes halogenated alkanes) is 39. The SMILES string of the molecule is CC/C=C\C/C=C\C/C=C\C/C=C\C/C=C\CCCCCCCC(=O)OC(COC(=O)CCCCCCCCCCCCCCC)COC(=O)CCCCCCCCCCCCCCCCCCC/C=C\C/C=C\CCCCCCC. The van der Waals surface area contributed by atoms with Gasteiger partial charge in [0.2, 0.25) is 0 Å². The van der Waals surface area contributed by atoms with Crippen molar-refractivity contribution in [3.05, 3.63) is 85.1 Å². The highest BCUT2D eigenvalue weighted by molar-refractivity contribution is 5.71. The number of ether oxygens (including phenoxy) is 3. The fraction of sp³-hybridized carbons (Fsp3) is 0.773. The van der Waals surface area contributed by atoms with E-state index >= 15 is 0 Å². The lowest BCUT2D eigenvalue weighted by Crippen LogP contribution is -2.30. The highest BCUT2D eigenvalue weighted by atomic mass is 16.6. The summed E-state index contributed by atoms with van der Waals surface area (Å²) in [6, 6.07) is 0. The molecule has 0 aliphatic carbocycles. The molecule has 0 heterocycles. The van der Waals surface area contributed by atoms with Gasteiger partial charge in [0.1, 0.15) is 13.2 Å². The molecule has 0 aliphatic heterocycles. The zero-order chi connectivity index (χ0) is 58.5. The summed E-state index contributed by atoms with van der Waals surface area (Å²) < 4.78 is 17.0. The van der Waals surface area contributed by atoms with Crippen LogP contribution in [0, 0.1) is 0 Å². The van der Waals surface area contributed by atoms with Gasteiger partial charge < -0.3 is 14.2 Å². The molecule has 468 valence electrons. The predicted octanol–water partition coefficient (Wildman–Crippen LogP) is 24.2. The molecule has 0 bridgehead atoms. The Morgan fingerprint density at radius 3 is 0.753 bits per heavy atom. The average Bonchev–Trinajstić information content (AvgIpc) is 3.46. The van der Waals surface area contributed by atoms with Gasteiger partial charge in [0.15, 0.2) is 6.10 Å². The molecule has 6 nitrogen and oxygen atoms in total. The van der Waals surface area contributed by atoms with Crippen molar-refractivity contribution in [1.82, 2.24) is 0 Å². The van der Waals surface area contributed by atoms with E-state index in [9.17, 15) is 14.4 Å². The number of carbonyl (C=O) groups is 3. The van der Waals surface area contributed by atoms with Gasteiger partial charge in [-0.1, -0.05) is 324 Å². The van der Waals surface area contributed by atoms with Crippen molar-refractivity contribution in [2.75, 3.05) is 13.2 Å². The van der Waals surface area contributed by atoms with E-state index in [4.69, 9.17) is 14.2 Å². The molecule has 0 rings (SSSR count). The molecule has 0 amide bonds. The highest BCUT2D eigenvalue weighted by Crippen LogP contribution is 2.17. The average molecular weight is 1130 g/mol. The van der Waals surface area contributed by atoms with Crippen LogP contribution in [0.1, 0.15) is 355 Å². The Morgan fingerprint density at radius 1 is 0.259 bits per heavy atom. The van der Waals surface area contributed by atoms with E-state index in [0.29, 0.717) is 19.3 Å².